The maximum atomic E-state index is 12.6. The van der Waals surface area contributed by atoms with E-state index in [0.717, 1.165) is 5.69 Å². The van der Waals surface area contributed by atoms with Gasteiger partial charge in [0, 0.05) is 18.8 Å². The maximum Gasteiger partial charge on any atom is 0.229 e. The van der Waals surface area contributed by atoms with Crippen molar-refractivity contribution in [1.29, 1.82) is 0 Å². The number of hydrogen-bond acceptors (Lipinski definition) is 6. The van der Waals surface area contributed by atoms with Gasteiger partial charge in [-0.2, -0.15) is 10.3 Å². The van der Waals surface area contributed by atoms with Crippen LogP contribution in [-0.4, -0.2) is 61.0 Å². The van der Waals surface area contributed by atoms with Gasteiger partial charge in [-0.05, 0) is 19.9 Å². The molecule has 0 aliphatic carbocycles. The molecule has 0 saturated carbocycles. The highest BCUT2D eigenvalue weighted by molar-refractivity contribution is 5.78. The number of morpholine rings is 1. The molecule has 2 aromatic rings. The third kappa shape index (κ3) is 2.98. The van der Waals surface area contributed by atoms with E-state index in [-0.39, 0.29) is 24.4 Å². The molecule has 1 N–H and O–H groups in total. The Morgan fingerprint density at radius 1 is 1.55 bits per heavy atom. The molecule has 3 rings (SSSR count). The molecule has 1 aliphatic heterocycles. The number of hydrogen-bond donors (Lipinski definition) is 1. The number of nitrogens with one attached hydrogen (secondary N) is 1. The van der Waals surface area contributed by atoms with Crippen molar-refractivity contribution < 1.29 is 9.53 Å². The summed E-state index contributed by atoms with van der Waals surface area (Å²) in [6.45, 7) is 5.51. The van der Waals surface area contributed by atoms with Crippen molar-refractivity contribution in [2.75, 3.05) is 19.8 Å². The number of nitrogens with zero attached hydrogens (tertiary/aromatic N) is 6. The molecule has 0 bridgehead atoms. The van der Waals surface area contributed by atoms with Gasteiger partial charge in [0.15, 0.2) is 5.82 Å². The zero-order chi connectivity index (χ0) is 15.5. The van der Waals surface area contributed by atoms with Gasteiger partial charge in [-0.1, -0.05) is 5.21 Å². The monoisotopic (exact) mass is 305 g/mol. The predicted molar refractivity (Wildman–Crippen MR) is 75.8 cm³/mol. The lowest BCUT2D eigenvalue weighted by Crippen LogP contribution is -2.44. The van der Waals surface area contributed by atoms with Crippen molar-refractivity contribution in [3.05, 3.63) is 23.8 Å². The number of amides is 1. The Kier molecular flexibility index (Phi) is 4.14. The van der Waals surface area contributed by atoms with E-state index >= 15 is 0 Å². The smallest absolute Gasteiger partial charge is 0.229 e. The summed E-state index contributed by atoms with van der Waals surface area (Å²) in [7, 11) is 0. The first-order valence-electron chi connectivity index (χ1n) is 7.29. The molecular formula is C13H19N7O2. The van der Waals surface area contributed by atoms with Crippen LogP contribution in [-0.2, 0) is 16.0 Å². The summed E-state index contributed by atoms with van der Waals surface area (Å²) < 4.78 is 7.28. The number of aromatic nitrogens is 6. The molecule has 1 saturated heterocycles. The van der Waals surface area contributed by atoms with Crippen molar-refractivity contribution >= 4 is 5.91 Å². The molecule has 1 fully saturated rings. The second-order valence-electron chi connectivity index (χ2n) is 5.51. The molecule has 0 aromatic carbocycles. The number of tetrazole rings is 1. The lowest BCUT2D eigenvalue weighted by atomic mass is 10.2. The van der Waals surface area contributed by atoms with Crippen molar-refractivity contribution in [1.82, 2.24) is 35.3 Å². The quantitative estimate of drug-likeness (QED) is 0.861. The number of aromatic amines is 1. The zero-order valence-electron chi connectivity index (χ0n) is 12.6. The van der Waals surface area contributed by atoms with Crippen LogP contribution in [0.2, 0.25) is 0 Å². The highest BCUT2D eigenvalue weighted by Crippen LogP contribution is 2.21. The fraction of sp³-hybridized carbons (Fsp3) is 0.615. The SMILES string of the molecule is CC(C)n1ccc(CC(=O)N2CCOCC2c2nn[nH]n2)n1. The summed E-state index contributed by atoms with van der Waals surface area (Å²) in [5, 5.41) is 18.3. The first-order valence-corrected chi connectivity index (χ1v) is 7.29. The van der Waals surface area contributed by atoms with Crippen molar-refractivity contribution in [3.63, 3.8) is 0 Å². The molecule has 1 aliphatic rings. The summed E-state index contributed by atoms with van der Waals surface area (Å²) in [6, 6.07) is 1.85. The molecule has 1 atom stereocenters. The molecule has 2 aromatic heterocycles. The molecule has 0 spiro atoms. The van der Waals surface area contributed by atoms with E-state index in [1.165, 1.54) is 0 Å². The number of ether oxygens (including phenoxy) is 1. The van der Waals surface area contributed by atoms with Gasteiger partial charge >= 0.3 is 0 Å². The Hall–Kier alpha value is -2.29. The van der Waals surface area contributed by atoms with Crippen LogP contribution >= 0.6 is 0 Å². The first kappa shape index (κ1) is 14.6. The lowest BCUT2D eigenvalue weighted by Gasteiger charge is -2.33. The van der Waals surface area contributed by atoms with Gasteiger partial charge in [-0.15, -0.1) is 10.2 Å². The van der Waals surface area contributed by atoms with E-state index < -0.39 is 0 Å². The molecule has 1 unspecified atom stereocenters. The molecule has 1 amide bonds. The van der Waals surface area contributed by atoms with Gasteiger partial charge < -0.3 is 9.64 Å². The highest BCUT2D eigenvalue weighted by Gasteiger charge is 2.31. The Morgan fingerprint density at radius 2 is 2.41 bits per heavy atom. The summed E-state index contributed by atoms with van der Waals surface area (Å²) in [6.07, 6.45) is 2.15. The minimum Gasteiger partial charge on any atom is -0.377 e. The summed E-state index contributed by atoms with van der Waals surface area (Å²) >= 11 is 0. The second-order valence-corrected chi connectivity index (χ2v) is 5.51. The standard InChI is InChI=1S/C13H19N7O2/c1-9(2)20-4-3-10(16-20)7-12(21)19-5-6-22-8-11(19)13-14-17-18-15-13/h3-4,9,11H,5-8H2,1-2H3,(H,14,15,17,18). The third-order valence-electron chi connectivity index (χ3n) is 3.63. The Bertz CT molecular complexity index is 622. The average molecular weight is 305 g/mol. The van der Waals surface area contributed by atoms with Crippen LogP contribution in [0.3, 0.4) is 0 Å². The summed E-state index contributed by atoms with van der Waals surface area (Å²) in [5.41, 5.74) is 0.761. The van der Waals surface area contributed by atoms with E-state index in [0.29, 0.717) is 25.6 Å². The molecule has 3 heterocycles. The van der Waals surface area contributed by atoms with Crippen LogP contribution in [0.25, 0.3) is 0 Å². The van der Waals surface area contributed by atoms with E-state index in [1.54, 1.807) is 4.90 Å². The van der Waals surface area contributed by atoms with Gasteiger partial charge in [-0.25, -0.2) is 0 Å². The minimum absolute atomic E-state index is 0.00731. The van der Waals surface area contributed by atoms with Crippen LogP contribution in [0.15, 0.2) is 12.3 Å². The first-order chi connectivity index (χ1) is 10.6. The Labute approximate surface area is 127 Å². The molecule has 9 heteroatoms. The normalized spacial score (nSPS) is 18.9. The average Bonchev–Trinajstić information content (AvgIpc) is 3.18. The maximum absolute atomic E-state index is 12.6. The Balaban J connectivity index is 1.71. The van der Waals surface area contributed by atoms with Crippen molar-refractivity contribution in [2.24, 2.45) is 0 Å². The van der Waals surface area contributed by atoms with E-state index in [9.17, 15) is 4.79 Å². The van der Waals surface area contributed by atoms with Gasteiger partial charge in [0.1, 0.15) is 6.04 Å². The van der Waals surface area contributed by atoms with E-state index in [1.807, 2.05) is 30.8 Å². The van der Waals surface area contributed by atoms with Gasteiger partial charge in [0.05, 0.1) is 25.3 Å². The summed E-state index contributed by atoms with van der Waals surface area (Å²) in [4.78, 5) is 14.3. The van der Waals surface area contributed by atoms with Crippen LogP contribution in [0.1, 0.15) is 37.4 Å². The number of rotatable bonds is 4. The van der Waals surface area contributed by atoms with Crippen molar-refractivity contribution in [3.8, 4) is 0 Å². The molecule has 22 heavy (non-hydrogen) atoms. The molecule has 9 nitrogen and oxygen atoms in total. The summed E-state index contributed by atoms with van der Waals surface area (Å²) in [5.74, 6) is 0.466. The van der Waals surface area contributed by atoms with Gasteiger partial charge in [0.25, 0.3) is 0 Å². The van der Waals surface area contributed by atoms with Crippen LogP contribution in [0.5, 0.6) is 0 Å². The fourth-order valence-electron chi connectivity index (χ4n) is 2.44. The number of H-pyrrole nitrogens is 1. The van der Waals surface area contributed by atoms with E-state index in [2.05, 4.69) is 25.7 Å². The Morgan fingerprint density at radius 3 is 3.09 bits per heavy atom. The minimum atomic E-state index is -0.299. The number of carbonyl (C=O) groups excluding carboxylic acids is 1. The van der Waals surface area contributed by atoms with Crippen LogP contribution in [0.4, 0.5) is 0 Å². The zero-order valence-corrected chi connectivity index (χ0v) is 12.6. The topological polar surface area (TPSA) is 102 Å². The van der Waals surface area contributed by atoms with Gasteiger partial charge in [0.2, 0.25) is 5.91 Å². The molecular weight excluding hydrogens is 286 g/mol. The molecule has 118 valence electrons. The van der Waals surface area contributed by atoms with Crippen molar-refractivity contribution in [2.45, 2.75) is 32.4 Å². The van der Waals surface area contributed by atoms with E-state index in [4.69, 9.17) is 4.74 Å². The number of carbonyl (C=O) groups is 1. The molecule has 0 radical (unpaired) electrons. The van der Waals surface area contributed by atoms with Gasteiger partial charge in [-0.3, -0.25) is 9.48 Å². The lowest BCUT2D eigenvalue weighted by molar-refractivity contribution is -0.139. The van der Waals surface area contributed by atoms with Crippen LogP contribution < -0.4 is 0 Å². The fourth-order valence-corrected chi connectivity index (χ4v) is 2.44. The predicted octanol–water partition coefficient (Wildman–Crippen LogP) is 0.120. The largest absolute Gasteiger partial charge is 0.377 e. The third-order valence-corrected chi connectivity index (χ3v) is 3.63. The second kappa shape index (κ2) is 6.22. The highest BCUT2D eigenvalue weighted by atomic mass is 16.5. The van der Waals surface area contributed by atoms with Crippen LogP contribution in [0, 0.1) is 0 Å².